The third-order valence-corrected chi connectivity index (χ3v) is 4.31. The van der Waals surface area contributed by atoms with Gasteiger partial charge in [0.2, 0.25) is 0 Å². The first-order valence-corrected chi connectivity index (χ1v) is 6.40. The number of aliphatic hydroxyl groups excluding tert-OH is 1. The van der Waals surface area contributed by atoms with Crippen molar-refractivity contribution in [2.24, 2.45) is 11.1 Å². The van der Waals surface area contributed by atoms with E-state index in [0.29, 0.717) is 6.54 Å². The van der Waals surface area contributed by atoms with Crippen LogP contribution in [0.15, 0.2) is 11.7 Å². The van der Waals surface area contributed by atoms with Crippen LogP contribution in [-0.2, 0) is 6.42 Å². The summed E-state index contributed by atoms with van der Waals surface area (Å²) < 4.78 is 0. The fourth-order valence-corrected chi connectivity index (χ4v) is 3.23. The van der Waals surface area contributed by atoms with Crippen LogP contribution in [0.5, 0.6) is 0 Å². The number of aliphatic hydroxyl groups is 1. The number of thiazole rings is 1. The third-order valence-electron chi connectivity index (χ3n) is 3.53. The summed E-state index contributed by atoms with van der Waals surface area (Å²) in [5, 5.41) is 10.1. The smallest absolute Gasteiger partial charge is 0.0794 e. The van der Waals surface area contributed by atoms with Crippen LogP contribution >= 0.6 is 11.3 Å². The molecule has 0 saturated heterocycles. The third kappa shape index (κ3) is 2.22. The minimum absolute atomic E-state index is 0.0925. The van der Waals surface area contributed by atoms with Gasteiger partial charge in [-0.3, -0.25) is 4.98 Å². The van der Waals surface area contributed by atoms with Gasteiger partial charge in [-0.1, -0.05) is 12.8 Å². The van der Waals surface area contributed by atoms with Gasteiger partial charge in [0.05, 0.1) is 11.6 Å². The summed E-state index contributed by atoms with van der Waals surface area (Å²) in [6.07, 6.45) is 6.80. The molecule has 1 aromatic heterocycles. The second-order valence-electron chi connectivity index (χ2n) is 4.47. The largest absolute Gasteiger partial charge is 0.392 e. The Morgan fingerprint density at radius 2 is 2.47 bits per heavy atom. The van der Waals surface area contributed by atoms with E-state index in [1.54, 1.807) is 11.3 Å². The molecule has 1 saturated carbocycles. The minimum Gasteiger partial charge on any atom is -0.392 e. The van der Waals surface area contributed by atoms with E-state index in [2.05, 4.69) is 4.98 Å². The van der Waals surface area contributed by atoms with Crippen LogP contribution < -0.4 is 5.73 Å². The second-order valence-corrected chi connectivity index (χ2v) is 5.44. The maximum Gasteiger partial charge on any atom is 0.0794 e. The van der Waals surface area contributed by atoms with Gasteiger partial charge >= 0.3 is 0 Å². The van der Waals surface area contributed by atoms with Crippen LogP contribution in [0.2, 0.25) is 0 Å². The molecule has 0 amide bonds. The Morgan fingerprint density at radius 1 is 1.60 bits per heavy atom. The van der Waals surface area contributed by atoms with Crippen molar-refractivity contribution in [1.82, 2.24) is 4.98 Å². The number of nitrogens with two attached hydrogens (primary N) is 1. The molecule has 3 nitrogen and oxygen atoms in total. The zero-order chi connectivity index (χ0) is 10.7. The Labute approximate surface area is 94.3 Å². The molecule has 0 bridgehead atoms. The lowest BCUT2D eigenvalue weighted by molar-refractivity contribution is -0.00536. The Balaban J connectivity index is 2.13. The first-order valence-electron chi connectivity index (χ1n) is 5.52. The molecule has 0 radical (unpaired) electrons. The highest BCUT2D eigenvalue weighted by Crippen LogP contribution is 2.39. The number of rotatable bonds is 3. The van der Waals surface area contributed by atoms with Crippen molar-refractivity contribution in [2.75, 3.05) is 6.54 Å². The van der Waals surface area contributed by atoms with Gasteiger partial charge < -0.3 is 10.8 Å². The van der Waals surface area contributed by atoms with E-state index in [1.807, 2.05) is 11.7 Å². The molecule has 2 unspecified atom stereocenters. The summed E-state index contributed by atoms with van der Waals surface area (Å²) in [5.74, 6) is 0. The molecule has 1 aromatic rings. The van der Waals surface area contributed by atoms with Gasteiger partial charge in [-0.25, -0.2) is 0 Å². The van der Waals surface area contributed by atoms with Crippen molar-refractivity contribution in [2.45, 2.75) is 38.2 Å². The number of aromatic nitrogens is 1. The molecular formula is C11H18N2OS. The molecule has 0 aliphatic heterocycles. The van der Waals surface area contributed by atoms with Crippen molar-refractivity contribution < 1.29 is 5.11 Å². The molecule has 0 aromatic carbocycles. The average Bonchev–Trinajstić information content (AvgIpc) is 2.74. The normalized spacial score (nSPS) is 31.7. The SMILES string of the molecule is NCC1(Cc2cncs2)CCCCC1O. The molecule has 84 valence electrons. The zero-order valence-corrected chi connectivity index (χ0v) is 9.67. The van der Waals surface area contributed by atoms with E-state index in [9.17, 15) is 5.11 Å². The van der Waals surface area contributed by atoms with E-state index in [4.69, 9.17) is 5.73 Å². The molecule has 1 fully saturated rings. The molecular weight excluding hydrogens is 208 g/mol. The fraction of sp³-hybridized carbons (Fsp3) is 0.727. The molecule has 0 spiro atoms. The first-order chi connectivity index (χ1) is 7.27. The van der Waals surface area contributed by atoms with Gasteiger partial charge in [-0.05, 0) is 19.3 Å². The average molecular weight is 226 g/mol. The Morgan fingerprint density at radius 3 is 3.07 bits per heavy atom. The quantitative estimate of drug-likeness (QED) is 0.822. The number of hydrogen-bond acceptors (Lipinski definition) is 4. The van der Waals surface area contributed by atoms with Crippen molar-refractivity contribution in [1.29, 1.82) is 0 Å². The van der Waals surface area contributed by atoms with E-state index >= 15 is 0 Å². The molecule has 1 aliphatic carbocycles. The van der Waals surface area contributed by atoms with E-state index in [0.717, 1.165) is 25.7 Å². The summed E-state index contributed by atoms with van der Waals surface area (Å²) in [6.45, 7) is 0.575. The minimum atomic E-state index is -0.238. The van der Waals surface area contributed by atoms with Crippen LogP contribution in [-0.4, -0.2) is 22.7 Å². The summed E-state index contributed by atoms with van der Waals surface area (Å²) in [7, 11) is 0. The maximum absolute atomic E-state index is 10.1. The second kappa shape index (κ2) is 4.60. The van der Waals surface area contributed by atoms with E-state index in [-0.39, 0.29) is 11.5 Å². The van der Waals surface area contributed by atoms with Gasteiger partial charge in [0.25, 0.3) is 0 Å². The van der Waals surface area contributed by atoms with Gasteiger partial charge in [0, 0.05) is 23.0 Å². The van der Waals surface area contributed by atoms with Crippen LogP contribution in [0.3, 0.4) is 0 Å². The van der Waals surface area contributed by atoms with Gasteiger partial charge in [-0.2, -0.15) is 0 Å². The molecule has 2 rings (SSSR count). The van der Waals surface area contributed by atoms with Crippen LogP contribution in [0.4, 0.5) is 0 Å². The molecule has 1 heterocycles. The lowest BCUT2D eigenvalue weighted by Gasteiger charge is -2.40. The van der Waals surface area contributed by atoms with Crippen molar-refractivity contribution >= 4 is 11.3 Å². The highest BCUT2D eigenvalue weighted by molar-refractivity contribution is 7.09. The summed E-state index contributed by atoms with van der Waals surface area (Å²) >= 11 is 1.65. The Bertz CT molecular complexity index is 302. The van der Waals surface area contributed by atoms with E-state index < -0.39 is 0 Å². The Hall–Kier alpha value is -0.450. The van der Waals surface area contributed by atoms with Gasteiger partial charge in [-0.15, -0.1) is 11.3 Å². The summed E-state index contributed by atoms with van der Waals surface area (Å²) in [4.78, 5) is 5.31. The van der Waals surface area contributed by atoms with Crippen molar-refractivity contribution in [3.05, 3.63) is 16.6 Å². The predicted octanol–water partition coefficient (Wildman–Crippen LogP) is 1.57. The van der Waals surface area contributed by atoms with Crippen LogP contribution in [0.25, 0.3) is 0 Å². The first kappa shape index (κ1) is 11.0. The fourth-order valence-electron chi connectivity index (χ4n) is 2.48. The number of hydrogen-bond donors (Lipinski definition) is 2. The van der Waals surface area contributed by atoms with Crippen molar-refractivity contribution in [3.63, 3.8) is 0 Å². The lowest BCUT2D eigenvalue weighted by Crippen LogP contribution is -2.45. The summed E-state index contributed by atoms with van der Waals surface area (Å²) in [6, 6.07) is 0. The molecule has 2 atom stereocenters. The summed E-state index contributed by atoms with van der Waals surface area (Å²) in [5.41, 5.74) is 7.62. The predicted molar refractivity (Wildman–Crippen MR) is 61.8 cm³/mol. The van der Waals surface area contributed by atoms with Crippen LogP contribution in [0, 0.1) is 5.41 Å². The topological polar surface area (TPSA) is 59.1 Å². The van der Waals surface area contributed by atoms with Crippen molar-refractivity contribution in [3.8, 4) is 0 Å². The standard InChI is InChI=1S/C11H18N2OS/c12-7-11(4-2-1-3-10(11)14)5-9-6-13-8-15-9/h6,8,10,14H,1-5,7,12H2. The zero-order valence-electron chi connectivity index (χ0n) is 8.85. The highest BCUT2D eigenvalue weighted by Gasteiger charge is 2.38. The molecule has 4 heteroatoms. The van der Waals surface area contributed by atoms with Crippen LogP contribution in [0.1, 0.15) is 30.6 Å². The maximum atomic E-state index is 10.1. The van der Waals surface area contributed by atoms with Gasteiger partial charge in [0.1, 0.15) is 0 Å². The molecule has 15 heavy (non-hydrogen) atoms. The molecule has 3 N–H and O–H groups in total. The van der Waals surface area contributed by atoms with E-state index in [1.165, 1.54) is 11.3 Å². The number of nitrogens with zero attached hydrogens (tertiary/aromatic N) is 1. The Kier molecular flexibility index (Phi) is 3.38. The van der Waals surface area contributed by atoms with Gasteiger partial charge in [0.15, 0.2) is 0 Å². The highest BCUT2D eigenvalue weighted by atomic mass is 32.1. The monoisotopic (exact) mass is 226 g/mol. The molecule has 1 aliphatic rings. The lowest BCUT2D eigenvalue weighted by atomic mass is 9.69.